The lowest BCUT2D eigenvalue weighted by Crippen LogP contribution is -2.33. The molecule has 110 valence electrons. The first-order valence-corrected chi connectivity index (χ1v) is 8.37. The Kier molecular flexibility index (Phi) is 5.92. The number of nitrogens with one attached hydrogen (secondary N) is 1. The van der Waals surface area contributed by atoms with Gasteiger partial charge in [-0.05, 0) is 48.9 Å². The number of rotatable bonds is 7. The Morgan fingerprint density at radius 1 is 1.40 bits per heavy atom. The third-order valence-corrected chi connectivity index (χ3v) is 4.59. The van der Waals surface area contributed by atoms with E-state index in [1.54, 1.807) is 11.8 Å². The van der Waals surface area contributed by atoms with Crippen molar-refractivity contribution in [1.29, 1.82) is 0 Å². The van der Waals surface area contributed by atoms with Crippen LogP contribution < -0.4 is 5.32 Å². The Morgan fingerprint density at radius 2 is 2.20 bits per heavy atom. The van der Waals surface area contributed by atoms with Crippen molar-refractivity contribution < 1.29 is 9.90 Å². The summed E-state index contributed by atoms with van der Waals surface area (Å²) in [6.07, 6.45) is 4.85. The van der Waals surface area contributed by atoms with Crippen LogP contribution >= 0.6 is 11.8 Å². The second-order valence-corrected chi connectivity index (χ2v) is 6.37. The molecule has 4 heteroatoms. The fraction of sp³-hybridized carbons (Fsp3) is 0.562. The van der Waals surface area contributed by atoms with Crippen molar-refractivity contribution in [3.8, 4) is 0 Å². The Hall–Kier alpha value is -1.00. The molecule has 2 N–H and O–H groups in total. The number of aliphatic hydroxyl groups excluding tert-OH is 1. The average molecular weight is 293 g/mol. The Balaban J connectivity index is 1.73. The van der Waals surface area contributed by atoms with Crippen LogP contribution in [0.3, 0.4) is 0 Å². The van der Waals surface area contributed by atoms with Crippen LogP contribution in [-0.2, 0) is 17.6 Å². The molecule has 1 aliphatic rings. The van der Waals surface area contributed by atoms with E-state index >= 15 is 0 Å². The van der Waals surface area contributed by atoms with E-state index in [4.69, 9.17) is 0 Å². The molecule has 1 aromatic rings. The molecular weight excluding hydrogens is 270 g/mol. The second kappa shape index (κ2) is 7.70. The maximum atomic E-state index is 11.7. The third-order valence-electron chi connectivity index (χ3n) is 3.60. The fourth-order valence-electron chi connectivity index (χ4n) is 2.50. The normalized spacial score (nSPS) is 14.9. The van der Waals surface area contributed by atoms with Crippen LogP contribution in [0, 0.1) is 0 Å². The molecule has 3 nitrogen and oxygen atoms in total. The monoisotopic (exact) mass is 293 g/mol. The van der Waals surface area contributed by atoms with Gasteiger partial charge >= 0.3 is 0 Å². The standard InChI is InChI=1S/C16H23NO2S/c1-2-4-14(18)10-17-16(19)11-20-15-8-7-12-5-3-6-13(12)9-15/h7-9,14,18H,2-6,10-11H2,1H3,(H,17,19). The molecule has 0 fully saturated rings. The molecule has 1 unspecified atom stereocenters. The molecule has 0 aromatic heterocycles. The van der Waals surface area contributed by atoms with Gasteiger partial charge in [-0.2, -0.15) is 0 Å². The molecule has 0 radical (unpaired) electrons. The van der Waals surface area contributed by atoms with Crippen LogP contribution in [-0.4, -0.2) is 29.4 Å². The summed E-state index contributed by atoms with van der Waals surface area (Å²) in [5.74, 6) is 0.406. The molecule has 1 aliphatic carbocycles. The van der Waals surface area contributed by atoms with Crippen molar-refractivity contribution in [2.45, 2.75) is 50.0 Å². The topological polar surface area (TPSA) is 49.3 Å². The minimum Gasteiger partial charge on any atom is -0.391 e. The number of carbonyl (C=O) groups excluding carboxylic acids is 1. The molecule has 0 heterocycles. The molecule has 1 atom stereocenters. The Labute approximate surface area is 125 Å². The van der Waals surface area contributed by atoms with Crippen molar-refractivity contribution in [2.75, 3.05) is 12.3 Å². The van der Waals surface area contributed by atoms with E-state index in [2.05, 4.69) is 23.5 Å². The van der Waals surface area contributed by atoms with Crippen molar-refractivity contribution in [3.05, 3.63) is 29.3 Å². The summed E-state index contributed by atoms with van der Waals surface area (Å²) >= 11 is 1.57. The van der Waals surface area contributed by atoms with Gasteiger partial charge in [0.2, 0.25) is 5.91 Å². The highest BCUT2D eigenvalue weighted by Crippen LogP contribution is 2.27. The van der Waals surface area contributed by atoms with Crippen molar-refractivity contribution >= 4 is 17.7 Å². The number of fused-ring (bicyclic) bond motifs is 1. The van der Waals surface area contributed by atoms with E-state index in [9.17, 15) is 9.90 Å². The van der Waals surface area contributed by atoms with Gasteiger partial charge in [-0.1, -0.05) is 19.4 Å². The number of aryl methyl sites for hydroxylation is 2. The summed E-state index contributed by atoms with van der Waals surface area (Å²) in [6.45, 7) is 2.38. The predicted molar refractivity (Wildman–Crippen MR) is 83.1 cm³/mol. The minimum absolute atomic E-state index is 0.00866. The molecule has 20 heavy (non-hydrogen) atoms. The summed E-state index contributed by atoms with van der Waals surface area (Å²) in [5.41, 5.74) is 2.90. The molecule has 2 rings (SSSR count). The maximum absolute atomic E-state index is 11.7. The van der Waals surface area contributed by atoms with Gasteiger partial charge < -0.3 is 10.4 Å². The summed E-state index contributed by atoms with van der Waals surface area (Å²) in [7, 11) is 0. The molecule has 0 saturated heterocycles. The van der Waals surface area contributed by atoms with Crippen LogP contribution in [0.4, 0.5) is 0 Å². The van der Waals surface area contributed by atoms with Crippen molar-refractivity contribution in [1.82, 2.24) is 5.32 Å². The van der Waals surface area contributed by atoms with E-state index < -0.39 is 6.10 Å². The highest BCUT2D eigenvalue weighted by atomic mass is 32.2. The maximum Gasteiger partial charge on any atom is 0.230 e. The number of carbonyl (C=O) groups is 1. The van der Waals surface area contributed by atoms with Gasteiger partial charge in [0.1, 0.15) is 0 Å². The lowest BCUT2D eigenvalue weighted by Gasteiger charge is -2.10. The van der Waals surface area contributed by atoms with E-state index in [-0.39, 0.29) is 5.91 Å². The van der Waals surface area contributed by atoms with E-state index in [0.717, 1.165) is 17.7 Å². The van der Waals surface area contributed by atoms with Crippen molar-refractivity contribution in [3.63, 3.8) is 0 Å². The highest BCUT2D eigenvalue weighted by molar-refractivity contribution is 8.00. The lowest BCUT2D eigenvalue weighted by atomic mass is 10.1. The first-order valence-electron chi connectivity index (χ1n) is 7.38. The van der Waals surface area contributed by atoms with E-state index in [0.29, 0.717) is 12.3 Å². The number of hydrogen-bond donors (Lipinski definition) is 2. The average Bonchev–Trinajstić information content (AvgIpc) is 2.90. The SMILES string of the molecule is CCCC(O)CNC(=O)CSc1ccc2c(c1)CCC2. The van der Waals surface area contributed by atoms with Crippen molar-refractivity contribution in [2.24, 2.45) is 0 Å². The lowest BCUT2D eigenvalue weighted by molar-refractivity contribution is -0.119. The number of amides is 1. The molecular formula is C16H23NO2S. The zero-order valence-corrected chi connectivity index (χ0v) is 12.8. The smallest absolute Gasteiger partial charge is 0.230 e. The van der Waals surface area contributed by atoms with Gasteiger partial charge in [0.15, 0.2) is 0 Å². The molecule has 1 aromatic carbocycles. The first-order chi connectivity index (χ1) is 9.69. The van der Waals surface area contributed by atoms with Gasteiger partial charge in [-0.15, -0.1) is 11.8 Å². The third kappa shape index (κ3) is 4.53. The number of benzene rings is 1. The van der Waals surface area contributed by atoms with Crippen LogP contribution in [0.25, 0.3) is 0 Å². The predicted octanol–water partition coefficient (Wildman–Crippen LogP) is 2.54. The van der Waals surface area contributed by atoms with E-state index in [1.807, 2.05) is 6.92 Å². The number of thioether (sulfide) groups is 1. The first kappa shape index (κ1) is 15.4. The van der Waals surface area contributed by atoms with E-state index in [1.165, 1.54) is 30.4 Å². The molecule has 1 amide bonds. The number of aliphatic hydroxyl groups is 1. The second-order valence-electron chi connectivity index (χ2n) is 5.32. The zero-order chi connectivity index (χ0) is 14.4. The quantitative estimate of drug-likeness (QED) is 0.760. The summed E-state index contributed by atoms with van der Waals surface area (Å²) < 4.78 is 0. The molecule has 0 aliphatic heterocycles. The summed E-state index contributed by atoms with van der Waals surface area (Å²) in [4.78, 5) is 12.9. The van der Waals surface area contributed by atoms with Gasteiger partial charge in [0.25, 0.3) is 0 Å². The Bertz CT molecular complexity index is 462. The summed E-state index contributed by atoms with van der Waals surface area (Å²) in [5, 5.41) is 12.3. The molecule has 0 saturated carbocycles. The minimum atomic E-state index is -0.422. The highest BCUT2D eigenvalue weighted by Gasteiger charge is 2.12. The van der Waals surface area contributed by atoms with Crippen LogP contribution in [0.5, 0.6) is 0 Å². The summed E-state index contributed by atoms with van der Waals surface area (Å²) in [6, 6.07) is 6.51. The van der Waals surface area contributed by atoms with Crippen LogP contribution in [0.2, 0.25) is 0 Å². The van der Waals surface area contributed by atoms with Crippen LogP contribution in [0.1, 0.15) is 37.3 Å². The van der Waals surface area contributed by atoms with Gasteiger partial charge in [0.05, 0.1) is 11.9 Å². The Morgan fingerprint density at radius 3 is 3.00 bits per heavy atom. The zero-order valence-electron chi connectivity index (χ0n) is 12.0. The largest absolute Gasteiger partial charge is 0.391 e. The van der Waals surface area contributed by atoms with Gasteiger partial charge in [0, 0.05) is 11.4 Å². The van der Waals surface area contributed by atoms with Crippen LogP contribution in [0.15, 0.2) is 23.1 Å². The fourth-order valence-corrected chi connectivity index (χ4v) is 3.29. The molecule has 0 spiro atoms. The van der Waals surface area contributed by atoms with Gasteiger partial charge in [-0.3, -0.25) is 4.79 Å². The van der Waals surface area contributed by atoms with Gasteiger partial charge in [-0.25, -0.2) is 0 Å². The number of hydrogen-bond acceptors (Lipinski definition) is 3. The molecule has 0 bridgehead atoms.